The van der Waals surface area contributed by atoms with E-state index in [2.05, 4.69) is 5.32 Å². The Hall–Kier alpha value is -3.93. The second-order valence-corrected chi connectivity index (χ2v) is 6.94. The highest BCUT2D eigenvalue weighted by molar-refractivity contribution is 6.21. The molecule has 150 valence electrons. The number of rotatable bonds is 6. The topological polar surface area (TPSA) is 75.7 Å². The minimum Gasteiger partial charge on any atom is -0.496 e. The minimum absolute atomic E-state index is 0.0787. The monoisotopic (exact) mass is 400 g/mol. The number of fused-ring (bicyclic) bond motifs is 1. The van der Waals surface area contributed by atoms with E-state index in [1.807, 2.05) is 30.3 Å². The number of imide groups is 1. The van der Waals surface area contributed by atoms with Gasteiger partial charge in [0.05, 0.1) is 30.3 Å². The first-order chi connectivity index (χ1) is 14.6. The van der Waals surface area contributed by atoms with Crippen molar-refractivity contribution in [1.29, 1.82) is 0 Å². The molecular weight excluding hydrogens is 380 g/mol. The number of amides is 3. The fourth-order valence-corrected chi connectivity index (χ4v) is 3.47. The Balaban J connectivity index is 1.54. The van der Waals surface area contributed by atoms with E-state index in [9.17, 15) is 14.4 Å². The molecule has 6 heteroatoms. The van der Waals surface area contributed by atoms with E-state index in [-0.39, 0.29) is 24.3 Å². The van der Waals surface area contributed by atoms with Crippen LogP contribution in [0, 0.1) is 0 Å². The van der Waals surface area contributed by atoms with E-state index >= 15 is 0 Å². The number of hydrogen-bond acceptors (Lipinski definition) is 4. The number of nitrogens with one attached hydrogen (secondary N) is 1. The summed E-state index contributed by atoms with van der Waals surface area (Å²) in [6, 6.07) is 21.4. The average Bonchev–Trinajstić information content (AvgIpc) is 3.03. The van der Waals surface area contributed by atoms with Crippen molar-refractivity contribution in [3.63, 3.8) is 0 Å². The zero-order chi connectivity index (χ0) is 21.1. The van der Waals surface area contributed by atoms with Crippen LogP contribution in [0.4, 0.5) is 0 Å². The predicted octanol–water partition coefficient (Wildman–Crippen LogP) is 3.42. The molecule has 0 aliphatic carbocycles. The summed E-state index contributed by atoms with van der Waals surface area (Å²) in [4.78, 5) is 39.2. The summed E-state index contributed by atoms with van der Waals surface area (Å²) in [7, 11) is 1.49. The molecule has 1 N–H and O–H groups in total. The number of benzene rings is 3. The molecule has 0 atom stereocenters. The van der Waals surface area contributed by atoms with Gasteiger partial charge < -0.3 is 10.1 Å². The van der Waals surface area contributed by atoms with Gasteiger partial charge in [-0.1, -0.05) is 48.5 Å². The SMILES string of the molecule is COc1ccc(CN2C(=O)c3ccccc3C2=O)cc1C(=O)NCc1ccccc1. The van der Waals surface area contributed by atoms with Gasteiger partial charge in [-0.25, -0.2) is 0 Å². The molecule has 1 heterocycles. The number of hydrogen-bond donors (Lipinski definition) is 1. The minimum atomic E-state index is -0.332. The number of ether oxygens (including phenoxy) is 1. The molecule has 1 aliphatic rings. The van der Waals surface area contributed by atoms with Crippen LogP contribution in [0.25, 0.3) is 0 Å². The zero-order valence-electron chi connectivity index (χ0n) is 16.4. The van der Waals surface area contributed by atoms with Gasteiger partial charge in [0, 0.05) is 6.54 Å². The number of methoxy groups -OCH3 is 1. The molecular formula is C24H20N2O4. The molecule has 0 spiro atoms. The lowest BCUT2D eigenvalue weighted by Crippen LogP contribution is -2.29. The van der Waals surface area contributed by atoms with Crippen molar-refractivity contribution in [1.82, 2.24) is 10.2 Å². The van der Waals surface area contributed by atoms with Crippen LogP contribution >= 0.6 is 0 Å². The lowest BCUT2D eigenvalue weighted by atomic mass is 10.1. The highest BCUT2D eigenvalue weighted by Gasteiger charge is 2.35. The van der Waals surface area contributed by atoms with Crippen LogP contribution in [0.15, 0.2) is 72.8 Å². The molecule has 4 rings (SSSR count). The quantitative estimate of drug-likeness (QED) is 0.644. The van der Waals surface area contributed by atoms with Crippen LogP contribution in [0.1, 0.15) is 42.2 Å². The van der Waals surface area contributed by atoms with E-state index < -0.39 is 0 Å². The number of nitrogens with zero attached hydrogens (tertiary/aromatic N) is 1. The standard InChI is InChI=1S/C24H20N2O4/c1-30-21-12-11-17(13-20(21)22(27)25-14-16-7-3-2-4-8-16)15-26-23(28)18-9-5-6-10-19(18)24(26)29/h2-13H,14-15H2,1H3,(H,25,27). The van der Waals surface area contributed by atoms with Crippen LogP contribution < -0.4 is 10.1 Å². The van der Waals surface area contributed by atoms with Crippen LogP contribution in [0.3, 0.4) is 0 Å². The lowest BCUT2D eigenvalue weighted by molar-refractivity contribution is 0.0642. The molecule has 0 unspecified atom stereocenters. The highest BCUT2D eigenvalue weighted by atomic mass is 16.5. The third-order valence-corrected chi connectivity index (χ3v) is 5.02. The Kier molecular flexibility index (Phi) is 5.30. The molecule has 30 heavy (non-hydrogen) atoms. The number of carbonyl (C=O) groups is 3. The van der Waals surface area contributed by atoms with Crippen LogP contribution in [0.2, 0.25) is 0 Å². The first kappa shape index (κ1) is 19.4. The maximum absolute atomic E-state index is 12.8. The predicted molar refractivity (Wildman–Crippen MR) is 111 cm³/mol. The Morgan fingerprint density at radius 2 is 1.50 bits per heavy atom. The van der Waals surface area contributed by atoms with Crippen LogP contribution in [-0.2, 0) is 13.1 Å². The van der Waals surface area contributed by atoms with Crippen molar-refractivity contribution in [3.05, 3.63) is 101 Å². The highest BCUT2D eigenvalue weighted by Crippen LogP contribution is 2.26. The third kappa shape index (κ3) is 3.67. The summed E-state index contributed by atoms with van der Waals surface area (Å²) in [5.74, 6) is -0.533. The maximum Gasteiger partial charge on any atom is 0.261 e. The molecule has 1 aliphatic heterocycles. The largest absolute Gasteiger partial charge is 0.496 e. The van der Waals surface area contributed by atoms with E-state index in [1.54, 1.807) is 42.5 Å². The van der Waals surface area contributed by atoms with Gasteiger partial charge >= 0.3 is 0 Å². The lowest BCUT2D eigenvalue weighted by Gasteiger charge is -2.16. The molecule has 0 bridgehead atoms. The molecule has 0 fully saturated rings. The Bertz CT molecular complexity index is 1090. The second-order valence-electron chi connectivity index (χ2n) is 6.94. The van der Waals surface area contributed by atoms with E-state index in [0.717, 1.165) is 5.56 Å². The number of carbonyl (C=O) groups excluding carboxylic acids is 3. The van der Waals surface area contributed by atoms with Gasteiger partial charge in [-0.3, -0.25) is 19.3 Å². The molecule has 3 aromatic carbocycles. The maximum atomic E-state index is 12.8. The first-order valence-electron chi connectivity index (χ1n) is 9.52. The molecule has 0 saturated heterocycles. The molecule has 3 aromatic rings. The fraction of sp³-hybridized carbons (Fsp3) is 0.125. The van der Waals surface area contributed by atoms with Crippen LogP contribution in [-0.4, -0.2) is 29.7 Å². The van der Waals surface area contributed by atoms with E-state index in [1.165, 1.54) is 12.0 Å². The Morgan fingerprint density at radius 3 is 2.13 bits per heavy atom. The molecule has 0 aromatic heterocycles. The summed E-state index contributed by atoms with van der Waals surface area (Å²) in [5.41, 5.74) is 2.79. The summed E-state index contributed by atoms with van der Waals surface area (Å²) in [6.07, 6.45) is 0. The van der Waals surface area contributed by atoms with Crippen molar-refractivity contribution in [3.8, 4) is 5.75 Å². The second kappa shape index (κ2) is 8.21. The van der Waals surface area contributed by atoms with Gasteiger partial charge in [-0.05, 0) is 35.4 Å². The van der Waals surface area contributed by atoms with Crippen molar-refractivity contribution in [2.24, 2.45) is 0 Å². The van der Waals surface area contributed by atoms with Gasteiger partial charge in [0.25, 0.3) is 17.7 Å². The summed E-state index contributed by atoms with van der Waals surface area (Å²) in [5, 5.41) is 2.88. The van der Waals surface area contributed by atoms with Gasteiger partial charge in [-0.15, -0.1) is 0 Å². The third-order valence-electron chi connectivity index (χ3n) is 5.02. The first-order valence-corrected chi connectivity index (χ1v) is 9.52. The Labute approximate surface area is 174 Å². The zero-order valence-corrected chi connectivity index (χ0v) is 16.4. The van der Waals surface area contributed by atoms with E-state index in [0.29, 0.717) is 34.5 Å². The summed E-state index contributed by atoms with van der Waals surface area (Å²) >= 11 is 0. The van der Waals surface area contributed by atoms with Crippen molar-refractivity contribution in [2.75, 3.05) is 7.11 Å². The van der Waals surface area contributed by atoms with Crippen molar-refractivity contribution >= 4 is 17.7 Å². The Morgan fingerprint density at radius 1 is 0.867 bits per heavy atom. The van der Waals surface area contributed by atoms with E-state index in [4.69, 9.17) is 4.74 Å². The molecule has 3 amide bonds. The van der Waals surface area contributed by atoms with Gasteiger partial charge in [0.1, 0.15) is 5.75 Å². The van der Waals surface area contributed by atoms with Crippen molar-refractivity contribution in [2.45, 2.75) is 13.1 Å². The smallest absolute Gasteiger partial charge is 0.261 e. The molecule has 0 radical (unpaired) electrons. The molecule has 0 saturated carbocycles. The van der Waals surface area contributed by atoms with Crippen LogP contribution in [0.5, 0.6) is 5.75 Å². The summed E-state index contributed by atoms with van der Waals surface area (Å²) in [6.45, 7) is 0.459. The fourth-order valence-electron chi connectivity index (χ4n) is 3.47. The van der Waals surface area contributed by atoms with Gasteiger partial charge in [0.15, 0.2) is 0 Å². The van der Waals surface area contributed by atoms with Gasteiger partial charge in [0.2, 0.25) is 0 Å². The normalized spacial score (nSPS) is 12.6. The van der Waals surface area contributed by atoms with Crippen molar-refractivity contribution < 1.29 is 19.1 Å². The average molecular weight is 400 g/mol. The van der Waals surface area contributed by atoms with Gasteiger partial charge in [-0.2, -0.15) is 0 Å². The summed E-state index contributed by atoms with van der Waals surface area (Å²) < 4.78 is 5.33. The molecule has 6 nitrogen and oxygen atoms in total.